The van der Waals surface area contributed by atoms with Crippen molar-refractivity contribution < 1.29 is 33.6 Å². The normalized spacial score (nSPS) is 0. The molecule has 0 aliphatic rings. The van der Waals surface area contributed by atoms with E-state index in [0.717, 1.165) is 0 Å². The van der Waals surface area contributed by atoms with Crippen molar-refractivity contribution >= 4 is 28.3 Å². The van der Waals surface area contributed by atoms with E-state index in [9.17, 15) is 0 Å². The van der Waals surface area contributed by atoms with E-state index in [1.807, 2.05) is 0 Å². The fourth-order valence-electron chi connectivity index (χ4n) is 0. The molecule has 4 heteroatoms. The standard InChI is InChI=1S/Al.Cu.Ni.Si. The first-order valence-electron chi connectivity index (χ1n) is 0. The minimum atomic E-state index is 0. The molecule has 0 aromatic rings. The fraction of sp³-hybridized carbons (Fsp3) is 0. The van der Waals surface area contributed by atoms with Gasteiger partial charge in [0.15, 0.2) is 0 Å². The van der Waals surface area contributed by atoms with E-state index in [1.165, 1.54) is 0 Å². The van der Waals surface area contributed by atoms with Crippen LogP contribution in [0.3, 0.4) is 0 Å². The van der Waals surface area contributed by atoms with Crippen LogP contribution in [0, 0.1) is 0 Å². The molecule has 8 radical (unpaired) electrons. The van der Waals surface area contributed by atoms with Gasteiger partial charge in [0.2, 0.25) is 0 Å². The summed E-state index contributed by atoms with van der Waals surface area (Å²) in [6.07, 6.45) is 0. The molecular formula is AlCuNiSi. The Morgan fingerprint density at radius 3 is 1.00 bits per heavy atom. The SMILES string of the molecule is [Al].[Cu].[Ni].[Si]. The third-order valence-electron chi connectivity index (χ3n) is 0. The van der Waals surface area contributed by atoms with Gasteiger partial charge in [0.05, 0.1) is 0 Å². The maximum absolute atomic E-state index is 0. The zero-order valence-electron chi connectivity index (χ0n) is 1.70. The zero-order chi connectivity index (χ0) is 0. The van der Waals surface area contributed by atoms with Crippen molar-refractivity contribution in [3.05, 3.63) is 0 Å². The number of hydrogen-bond donors (Lipinski definition) is 0. The van der Waals surface area contributed by atoms with Crippen molar-refractivity contribution in [2.24, 2.45) is 0 Å². The topological polar surface area (TPSA) is 0 Å². The van der Waals surface area contributed by atoms with Crippen LogP contribution >= 0.6 is 0 Å². The summed E-state index contributed by atoms with van der Waals surface area (Å²) in [4.78, 5) is 0. The van der Waals surface area contributed by atoms with E-state index >= 15 is 0 Å². The Bertz CT molecular complexity index is 8.00. The van der Waals surface area contributed by atoms with Crippen molar-refractivity contribution in [1.82, 2.24) is 0 Å². The van der Waals surface area contributed by atoms with E-state index in [0.29, 0.717) is 0 Å². The molecule has 0 spiro atoms. The third-order valence-corrected chi connectivity index (χ3v) is 0. The predicted octanol–water partition coefficient (Wildman–Crippen LogP) is -0.767. The largest absolute Gasteiger partial charge is 0 e. The van der Waals surface area contributed by atoms with Crippen molar-refractivity contribution in [2.75, 3.05) is 0 Å². The Morgan fingerprint density at radius 2 is 1.00 bits per heavy atom. The van der Waals surface area contributed by atoms with Crippen molar-refractivity contribution in [1.29, 1.82) is 0 Å². The molecule has 0 heterocycles. The second-order valence-electron chi connectivity index (χ2n) is 0. The Balaban J connectivity index is 0. The van der Waals surface area contributed by atoms with Gasteiger partial charge in [0.25, 0.3) is 0 Å². The first-order chi connectivity index (χ1) is 0. The average molecular weight is 177 g/mol. The molecule has 28 valence electrons. The van der Waals surface area contributed by atoms with Crippen LogP contribution < -0.4 is 0 Å². The molecule has 0 atom stereocenters. The summed E-state index contributed by atoms with van der Waals surface area (Å²) < 4.78 is 0. The summed E-state index contributed by atoms with van der Waals surface area (Å²) in [6, 6.07) is 0. The molecule has 0 bridgehead atoms. The molecule has 0 N–H and O–H groups in total. The Hall–Kier alpha value is 1.76. The Morgan fingerprint density at radius 1 is 1.00 bits per heavy atom. The summed E-state index contributed by atoms with van der Waals surface area (Å²) in [5.74, 6) is 0. The predicted molar refractivity (Wildman–Crippen MR) is 11.5 cm³/mol. The van der Waals surface area contributed by atoms with E-state index < -0.39 is 0 Å². The summed E-state index contributed by atoms with van der Waals surface area (Å²) in [5, 5.41) is 0. The molecule has 0 amide bonds. The quantitative estimate of drug-likeness (QED) is 0.426. The van der Waals surface area contributed by atoms with Crippen LogP contribution in [-0.4, -0.2) is 28.3 Å². The number of hydrogen-bond acceptors (Lipinski definition) is 0. The summed E-state index contributed by atoms with van der Waals surface area (Å²) in [7, 11) is 0. The molecule has 0 unspecified atom stereocenters. The van der Waals surface area contributed by atoms with Crippen LogP contribution in [0.2, 0.25) is 0 Å². The monoisotopic (exact) mass is 176 g/mol. The second-order valence-corrected chi connectivity index (χ2v) is 0. The van der Waals surface area contributed by atoms with Crippen LogP contribution in [0.5, 0.6) is 0 Å². The van der Waals surface area contributed by atoms with Gasteiger partial charge in [0.1, 0.15) is 0 Å². The van der Waals surface area contributed by atoms with Crippen LogP contribution in [0.15, 0.2) is 0 Å². The van der Waals surface area contributed by atoms with Crippen molar-refractivity contribution in [3.8, 4) is 0 Å². The van der Waals surface area contributed by atoms with Gasteiger partial charge in [0, 0.05) is 61.9 Å². The van der Waals surface area contributed by atoms with Gasteiger partial charge in [-0.05, 0) is 0 Å². The summed E-state index contributed by atoms with van der Waals surface area (Å²) in [6.45, 7) is 0. The van der Waals surface area contributed by atoms with Crippen LogP contribution in [0.4, 0.5) is 0 Å². The van der Waals surface area contributed by atoms with Gasteiger partial charge in [-0.3, -0.25) is 0 Å². The van der Waals surface area contributed by atoms with Gasteiger partial charge >= 0.3 is 0 Å². The molecule has 0 fully saturated rings. The number of rotatable bonds is 0. The molecule has 0 aliphatic carbocycles. The van der Waals surface area contributed by atoms with Gasteiger partial charge in [-0.25, -0.2) is 0 Å². The van der Waals surface area contributed by atoms with Crippen LogP contribution in [0.25, 0.3) is 0 Å². The minimum absolute atomic E-state index is 0. The summed E-state index contributed by atoms with van der Waals surface area (Å²) in [5.41, 5.74) is 0. The Kier molecular flexibility index (Phi) is 228. The van der Waals surface area contributed by atoms with E-state index in [1.54, 1.807) is 0 Å². The van der Waals surface area contributed by atoms with Crippen molar-refractivity contribution in [3.63, 3.8) is 0 Å². The molecular weight excluding hydrogens is 177 g/mol. The molecule has 0 rings (SSSR count). The van der Waals surface area contributed by atoms with Gasteiger partial charge in [-0.1, -0.05) is 0 Å². The zero-order valence-corrected chi connectivity index (χ0v) is 5.78. The molecule has 0 saturated carbocycles. The molecule has 0 aliphatic heterocycles. The molecule has 4 heavy (non-hydrogen) atoms. The van der Waals surface area contributed by atoms with E-state index in [-0.39, 0.29) is 61.9 Å². The minimum Gasteiger partial charge on any atom is 0 e. The van der Waals surface area contributed by atoms with Gasteiger partial charge < -0.3 is 0 Å². The summed E-state index contributed by atoms with van der Waals surface area (Å²) >= 11 is 0. The fourth-order valence-corrected chi connectivity index (χ4v) is 0. The first kappa shape index (κ1) is 42.1. The second kappa shape index (κ2) is 21.7. The van der Waals surface area contributed by atoms with Crippen LogP contribution in [-0.2, 0) is 33.6 Å². The first-order valence-corrected chi connectivity index (χ1v) is 0. The maximum atomic E-state index is 0. The smallest absolute Gasteiger partial charge is 0 e. The molecule has 0 nitrogen and oxygen atoms in total. The van der Waals surface area contributed by atoms with Crippen molar-refractivity contribution in [2.45, 2.75) is 0 Å². The molecule has 0 aromatic carbocycles. The third kappa shape index (κ3) is 9.24. The van der Waals surface area contributed by atoms with Crippen LogP contribution in [0.1, 0.15) is 0 Å². The van der Waals surface area contributed by atoms with Gasteiger partial charge in [-0.2, -0.15) is 0 Å². The van der Waals surface area contributed by atoms with E-state index in [4.69, 9.17) is 0 Å². The molecule has 0 saturated heterocycles. The molecule has 0 aromatic heterocycles. The van der Waals surface area contributed by atoms with E-state index in [2.05, 4.69) is 0 Å². The maximum Gasteiger partial charge on any atom is 0 e. The average Bonchev–Trinajstić information content (AvgIpc) is 0. The van der Waals surface area contributed by atoms with Gasteiger partial charge in [-0.15, -0.1) is 0 Å². The Labute approximate surface area is 61.7 Å².